The molecule has 1 aromatic heterocycles. The molecular weight excluding hydrogens is 399 g/mol. The summed E-state index contributed by atoms with van der Waals surface area (Å²) in [5.74, 6) is -0.598. The molecule has 0 saturated carbocycles. The predicted molar refractivity (Wildman–Crippen MR) is 103 cm³/mol. The molecule has 0 radical (unpaired) electrons. The maximum atomic E-state index is 13.6. The van der Waals surface area contributed by atoms with Crippen LogP contribution in [0, 0.1) is 5.82 Å². The fraction of sp³-hybridized carbons (Fsp3) is 0.200. The smallest absolute Gasteiger partial charge is 0.337 e. The van der Waals surface area contributed by atoms with Crippen LogP contribution in [0.4, 0.5) is 15.8 Å². The van der Waals surface area contributed by atoms with Crippen molar-refractivity contribution < 1.29 is 13.9 Å². The van der Waals surface area contributed by atoms with Gasteiger partial charge in [-0.25, -0.2) is 14.2 Å². The van der Waals surface area contributed by atoms with Crippen LogP contribution in [-0.4, -0.2) is 24.6 Å². The number of hydrogen-bond acceptors (Lipinski definition) is 4. The first-order valence-corrected chi connectivity index (χ1v) is 9.11. The molecule has 0 N–H and O–H groups in total. The van der Waals surface area contributed by atoms with Crippen LogP contribution in [0.5, 0.6) is 0 Å². The molecule has 0 spiro atoms. The van der Waals surface area contributed by atoms with Gasteiger partial charge in [0.25, 0.3) is 0 Å². The Kier molecular flexibility index (Phi) is 4.36. The summed E-state index contributed by atoms with van der Waals surface area (Å²) in [7, 11) is 1.36. The molecule has 2 aromatic carbocycles. The zero-order chi connectivity index (χ0) is 18.3. The second-order valence-electron chi connectivity index (χ2n) is 6.23. The standard InChI is InChI=1S/C20H16BrFN2O2/c1-26-20(25)13-4-6-16-14(9-13)11-18(19(21)23-16)24-8-2-3-12-10-15(22)5-7-17(12)24/h4-7,9-11H,2-3,8H2,1H3. The number of carbonyl (C=O) groups excluding carboxylic acids is 1. The van der Waals surface area contributed by atoms with E-state index in [1.54, 1.807) is 24.3 Å². The Morgan fingerprint density at radius 1 is 1.19 bits per heavy atom. The van der Waals surface area contributed by atoms with Gasteiger partial charge in [-0.05, 0) is 76.8 Å². The first-order valence-electron chi connectivity index (χ1n) is 8.31. The van der Waals surface area contributed by atoms with E-state index < -0.39 is 0 Å². The van der Waals surface area contributed by atoms with Crippen molar-refractivity contribution in [1.29, 1.82) is 0 Å². The third kappa shape index (κ3) is 2.94. The molecule has 1 aliphatic rings. The van der Waals surface area contributed by atoms with Gasteiger partial charge in [0.2, 0.25) is 0 Å². The van der Waals surface area contributed by atoms with Gasteiger partial charge in [-0.2, -0.15) is 0 Å². The molecular formula is C20H16BrFN2O2. The minimum Gasteiger partial charge on any atom is -0.465 e. The van der Waals surface area contributed by atoms with Crippen LogP contribution in [0.15, 0.2) is 47.1 Å². The van der Waals surface area contributed by atoms with Crippen LogP contribution < -0.4 is 4.90 Å². The molecule has 0 amide bonds. The van der Waals surface area contributed by atoms with Crippen LogP contribution in [0.2, 0.25) is 0 Å². The number of nitrogens with zero attached hydrogens (tertiary/aromatic N) is 2. The predicted octanol–water partition coefficient (Wildman–Crippen LogP) is 5.01. The summed E-state index contributed by atoms with van der Waals surface area (Å²) in [6.45, 7) is 0.821. The minimum atomic E-state index is -0.379. The number of ether oxygens (including phenoxy) is 1. The molecule has 132 valence electrons. The lowest BCUT2D eigenvalue weighted by atomic mass is 10.0. The van der Waals surface area contributed by atoms with Crippen LogP contribution >= 0.6 is 15.9 Å². The first-order chi connectivity index (χ1) is 12.6. The van der Waals surface area contributed by atoms with E-state index in [9.17, 15) is 9.18 Å². The molecule has 2 heterocycles. The Balaban J connectivity index is 1.84. The van der Waals surface area contributed by atoms with Crippen LogP contribution in [0.3, 0.4) is 0 Å². The number of pyridine rings is 1. The fourth-order valence-electron chi connectivity index (χ4n) is 3.39. The number of rotatable bonds is 2. The second kappa shape index (κ2) is 6.68. The molecule has 0 saturated heterocycles. The van der Waals surface area contributed by atoms with Gasteiger partial charge in [0, 0.05) is 17.6 Å². The van der Waals surface area contributed by atoms with E-state index in [0.717, 1.165) is 47.2 Å². The Morgan fingerprint density at radius 3 is 2.85 bits per heavy atom. The highest BCUT2D eigenvalue weighted by molar-refractivity contribution is 9.10. The molecule has 0 aliphatic carbocycles. The molecule has 6 heteroatoms. The van der Waals surface area contributed by atoms with Gasteiger partial charge in [-0.3, -0.25) is 0 Å². The number of aryl methyl sites for hydroxylation is 1. The zero-order valence-electron chi connectivity index (χ0n) is 14.1. The number of anilines is 2. The Bertz CT molecular complexity index is 1020. The van der Waals surface area contributed by atoms with Gasteiger partial charge in [0.05, 0.1) is 23.9 Å². The van der Waals surface area contributed by atoms with E-state index in [1.807, 2.05) is 12.1 Å². The summed E-state index contributed by atoms with van der Waals surface area (Å²) in [5, 5.41) is 0.848. The van der Waals surface area contributed by atoms with Crippen molar-refractivity contribution in [2.75, 3.05) is 18.6 Å². The molecule has 1 aliphatic heterocycles. The van der Waals surface area contributed by atoms with E-state index in [2.05, 4.69) is 25.8 Å². The van der Waals surface area contributed by atoms with Crippen molar-refractivity contribution in [3.8, 4) is 0 Å². The van der Waals surface area contributed by atoms with Crippen molar-refractivity contribution in [2.24, 2.45) is 0 Å². The molecule has 0 bridgehead atoms. The third-order valence-electron chi connectivity index (χ3n) is 4.62. The van der Waals surface area contributed by atoms with Crippen molar-refractivity contribution in [1.82, 2.24) is 4.98 Å². The maximum Gasteiger partial charge on any atom is 0.337 e. The molecule has 0 unspecified atom stereocenters. The lowest BCUT2D eigenvalue weighted by Crippen LogP contribution is -2.25. The largest absolute Gasteiger partial charge is 0.465 e. The molecule has 0 fully saturated rings. The van der Waals surface area contributed by atoms with E-state index in [1.165, 1.54) is 13.2 Å². The van der Waals surface area contributed by atoms with Crippen molar-refractivity contribution in [2.45, 2.75) is 12.8 Å². The lowest BCUT2D eigenvalue weighted by Gasteiger charge is -2.32. The van der Waals surface area contributed by atoms with Crippen molar-refractivity contribution >= 4 is 44.2 Å². The topological polar surface area (TPSA) is 42.4 Å². The quantitative estimate of drug-likeness (QED) is 0.436. The average molecular weight is 415 g/mol. The number of methoxy groups -OCH3 is 1. The molecule has 0 atom stereocenters. The number of aromatic nitrogens is 1. The van der Waals surface area contributed by atoms with Gasteiger partial charge >= 0.3 is 5.97 Å². The van der Waals surface area contributed by atoms with Crippen molar-refractivity contribution in [3.05, 3.63) is 64.0 Å². The van der Waals surface area contributed by atoms with E-state index in [4.69, 9.17) is 4.74 Å². The van der Waals surface area contributed by atoms with Gasteiger partial charge < -0.3 is 9.64 Å². The SMILES string of the molecule is COC(=O)c1ccc2nc(Br)c(N3CCCc4cc(F)ccc43)cc2c1. The number of fused-ring (bicyclic) bond motifs is 2. The molecule has 3 aromatic rings. The summed E-state index contributed by atoms with van der Waals surface area (Å²) in [6.07, 6.45) is 1.79. The number of halogens is 2. The summed E-state index contributed by atoms with van der Waals surface area (Å²) in [5.41, 5.74) is 4.14. The summed E-state index contributed by atoms with van der Waals surface area (Å²) < 4.78 is 19.1. The normalized spacial score (nSPS) is 13.6. The van der Waals surface area contributed by atoms with Gasteiger partial charge in [0.15, 0.2) is 0 Å². The van der Waals surface area contributed by atoms with Crippen LogP contribution in [-0.2, 0) is 11.2 Å². The maximum absolute atomic E-state index is 13.6. The number of benzene rings is 2. The van der Waals surface area contributed by atoms with Crippen LogP contribution in [0.1, 0.15) is 22.3 Å². The zero-order valence-corrected chi connectivity index (χ0v) is 15.7. The highest BCUT2D eigenvalue weighted by atomic mass is 79.9. The monoisotopic (exact) mass is 414 g/mol. The molecule has 4 rings (SSSR count). The second-order valence-corrected chi connectivity index (χ2v) is 6.98. The lowest BCUT2D eigenvalue weighted by molar-refractivity contribution is 0.0601. The number of esters is 1. The third-order valence-corrected chi connectivity index (χ3v) is 5.21. The Morgan fingerprint density at radius 2 is 2.04 bits per heavy atom. The fourth-order valence-corrected chi connectivity index (χ4v) is 3.91. The van der Waals surface area contributed by atoms with Crippen LogP contribution in [0.25, 0.3) is 10.9 Å². The summed E-state index contributed by atoms with van der Waals surface area (Å²) in [6, 6.07) is 12.2. The van der Waals surface area contributed by atoms with Gasteiger partial charge in [0.1, 0.15) is 10.4 Å². The molecule has 26 heavy (non-hydrogen) atoms. The van der Waals surface area contributed by atoms with Crippen molar-refractivity contribution in [3.63, 3.8) is 0 Å². The highest BCUT2D eigenvalue weighted by Crippen LogP contribution is 2.38. The Labute approximate surface area is 158 Å². The Hall–Kier alpha value is -2.47. The number of carbonyl (C=O) groups is 1. The number of hydrogen-bond donors (Lipinski definition) is 0. The van der Waals surface area contributed by atoms with E-state index in [-0.39, 0.29) is 11.8 Å². The van der Waals surface area contributed by atoms with E-state index >= 15 is 0 Å². The molecule has 4 nitrogen and oxygen atoms in total. The summed E-state index contributed by atoms with van der Waals surface area (Å²) >= 11 is 3.56. The summed E-state index contributed by atoms with van der Waals surface area (Å²) in [4.78, 5) is 18.6. The minimum absolute atomic E-state index is 0.218. The van der Waals surface area contributed by atoms with Gasteiger partial charge in [-0.1, -0.05) is 0 Å². The first kappa shape index (κ1) is 17.0. The highest BCUT2D eigenvalue weighted by Gasteiger charge is 2.21. The van der Waals surface area contributed by atoms with Gasteiger partial charge in [-0.15, -0.1) is 0 Å². The average Bonchev–Trinajstić information content (AvgIpc) is 2.65. The van der Waals surface area contributed by atoms with E-state index in [0.29, 0.717) is 10.2 Å².